The van der Waals surface area contributed by atoms with Gasteiger partial charge < -0.3 is 5.32 Å². The van der Waals surface area contributed by atoms with Crippen LogP contribution in [-0.2, 0) is 10.8 Å². The molecule has 0 aliphatic heterocycles. The third kappa shape index (κ3) is 5.00. The van der Waals surface area contributed by atoms with Crippen molar-refractivity contribution < 1.29 is 9.00 Å². The molecule has 94 valence electrons. The predicted molar refractivity (Wildman–Crippen MR) is 74.8 cm³/mol. The van der Waals surface area contributed by atoms with Crippen LogP contribution in [0.5, 0.6) is 0 Å². The summed E-state index contributed by atoms with van der Waals surface area (Å²) in [6.45, 7) is 2.53. The molecule has 1 N–H and O–H groups in total. The summed E-state index contributed by atoms with van der Waals surface area (Å²) in [5, 5.41) is 2.81. The quantitative estimate of drug-likeness (QED) is 0.847. The molecule has 3 nitrogen and oxygen atoms in total. The van der Waals surface area contributed by atoms with Gasteiger partial charge in [0.25, 0.3) is 5.91 Å². The number of benzene rings is 1. The highest BCUT2D eigenvalue weighted by Crippen LogP contribution is 2.18. The lowest BCUT2D eigenvalue weighted by Gasteiger charge is -2.07. The normalized spacial score (nSPS) is 12.2. The number of aryl methyl sites for hydroxylation is 1. The summed E-state index contributed by atoms with van der Waals surface area (Å²) in [6.07, 6.45) is 2.40. The van der Waals surface area contributed by atoms with E-state index in [1.54, 1.807) is 12.3 Å². The Morgan fingerprint density at radius 3 is 2.76 bits per heavy atom. The van der Waals surface area contributed by atoms with Crippen LogP contribution >= 0.6 is 15.9 Å². The second-order valence-electron chi connectivity index (χ2n) is 3.87. The minimum absolute atomic E-state index is 0.0984. The van der Waals surface area contributed by atoms with Crippen LogP contribution in [0.2, 0.25) is 0 Å². The standard InChI is InChI=1S/C12H16BrNO2S/c1-9-4-5-10(11(13)8-9)12(15)14-6-3-7-17(2)16/h4-5,8H,3,6-7H2,1-2H3,(H,14,15)/t17-/m1/s1. The van der Waals surface area contributed by atoms with E-state index in [0.717, 1.165) is 16.5 Å². The molecule has 1 rings (SSSR count). The molecule has 0 spiro atoms. The number of halogens is 1. The third-order valence-corrected chi connectivity index (χ3v) is 3.78. The van der Waals surface area contributed by atoms with Gasteiger partial charge in [-0.1, -0.05) is 6.07 Å². The number of carbonyl (C=O) groups excluding carboxylic acids is 1. The molecule has 5 heteroatoms. The molecule has 0 aromatic heterocycles. The van der Waals surface area contributed by atoms with Crippen molar-refractivity contribution in [1.82, 2.24) is 5.32 Å². The maximum absolute atomic E-state index is 11.8. The topological polar surface area (TPSA) is 46.2 Å². The van der Waals surface area contributed by atoms with Gasteiger partial charge in [-0.15, -0.1) is 0 Å². The van der Waals surface area contributed by atoms with E-state index < -0.39 is 10.8 Å². The van der Waals surface area contributed by atoms with Crippen molar-refractivity contribution in [3.8, 4) is 0 Å². The molecule has 1 atom stereocenters. The maximum atomic E-state index is 11.8. The zero-order chi connectivity index (χ0) is 12.8. The molecule has 1 aromatic carbocycles. The van der Waals surface area contributed by atoms with E-state index in [9.17, 15) is 9.00 Å². The van der Waals surface area contributed by atoms with E-state index in [1.165, 1.54) is 0 Å². The van der Waals surface area contributed by atoms with Crippen LogP contribution in [0.1, 0.15) is 22.3 Å². The summed E-state index contributed by atoms with van der Waals surface area (Å²) in [5.41, 5.74) is 1.74. The smallest absolute Gasteiger partial charge is 0.252 e. The van der Waals surface area contributed by atoms with E-state index >= 15 is 0 Å². The summed E-state index contributed by atoms with van der Waals surface area (Å²) in [4.78, 5) is 11.8. The monoisotopic (exact) mass is 317 g/mol. The second kappa shape index (κ2) is 6.91. The first-order valence-electron chi connectivity index (χ1n) is 5.35. The van der Waals surface area contributed by atoms with Crippen molar-refractivity contribution in [2.75, 3.05) is 18.6 Å². The number of nitrogens with one attached hydrogen (secondary N) is 1. The van der Waals surface area contributed by atoms with Crippen LogP contribution in [-0.4, -0.2) is 28.7 Å². The highest BCUT2D eigenvalue weighted by molar-refractivity contribution is 9.10. The van der Waals surface area contributed by atoms with E-state index in [4.69, 9.17) is 0 Å². The number of carbonyl (C=O) groups is 1. The van der Waals surface area contributed by atoms with E-state index in [2.05, 4.69) is 21.2 Å². The van der Waals surface area contributed by atoms with Gasteiger partial charge in [0, 0.05) is 33.8 Å². The van der Waals surface area contributed by atoms with Crippen LogP contribution in [0.3, 0.4) is 0 Å². The highest BCUT2D eigenvalue weighted by Gasteiger charge is 2.08. The fourth-order valence-corrected chi connectivity index (χ4v) is 2.60. The Balaban J connectivity index is 2.50. The molecule has 0 heterocycles. The van der Waals surface area contributed by atoms with E-state index in [-0.39, 0.29) is 5.91 Å². The lowest BCUT2D eigenvalue weighted by molar-refractivity contribution is 0.0953. The molecule has 0 unspecified atom stereocenters. The van der Waals surface area contributed by atoms with Gasteiger partial charge in [0.2, 0.25) is 0 Å². The van der Waals surface area contributed by atoms with Crippen LogP contribution < -0.4 is 5.32 Å². The number of hydrogen-bond donors (Lipinski definition) is 1. The first-order valence-corrected chi connectivity index (χ1v) is 7.87. The Labute approximate surface area is 113 Å². The minimum Gasteiger partial charge on any atom is -0.352 e. The fraction of sp³-hybridized carbons (Fsp3) is 0.417. The third-order valence-electron chi connectivity index (χ3n) is 2.26. The second-order valence-corrected chi connectivity index (χ2v) is 6.28. The first-order chi connectivity index (χ1) is 8.00. The Morgan fingerprint density at radius 2 is 2.18 bits per heavy atom. The van der Waals surface area contributed by atoms with Gasteiger partial charge in [-0.05, 0) is 47.0 Å². The van der Waals surface area contributed by atoms with Crippen molar-refractivity contribution in [3.63, 3.8) is 0 Å². The zero-order valence-corrected chi connectivity index (χ0v) is 12.4. The van der Waals surface area contributed by atoms with Crippen molar-refractivity contribution in [3.05, 3.63) is 33.8 Å². The summed E-state index contributed by atoms with van der Waals surface area (Å²) in [6, 6.07) is 5.61. The Morgan fingerprint density at radius 1 is 1.47 bits per heavy atom. The largest absolute Gasteiger partial charge is 0.352 e. The summed E-state index contributed by atoms with van der Waals surface area (Å²) < 4.78 is 11.6. The summed E-state index contributed by atoms with van der Waals surface area (Å²) >= 11 is 3.37. The van der Waals surface area contributed by atoms with Gasteiger partial charge in [0.05, 0.1) is 5.56 Å². The average molecular weight is 318 g/mol. The Bertz CT molecular complexity index is 435. The van der Waals surface area contributed by atoms with Gasteiger partial charge in [0.15, 0.2) is 0 Å². The van der Waals surface area contributed by atoms with Gasteiger partial charge in [-0.3, -0.25) is 9.00 Å². The number of amides is 1. The fourth-order valence-electron chi connectivity index (χ4n) is 1.38. The lowest BCUT2D eigenvalue weighted by Crippen LogP contribution is -2.25. The van der Waals surface area contributed by atoms with Crippen molar-refractivity contribution in [2.45, 2.75) is 13.3 Å². The van der Waals surface area contributed by atoms with Crippen molar-refractivity contribution >= 4 is 32.6 Å². The minimum atomic E-state index is -0.793. The lowest BCUT2D eigenvalue weighted by atomic mass is 10.1. The molecule has 1 amide bonds. The van der Waals surface area contributed by atoms with E-state index in [1.807, 2.05) is 19.1 Å². The first kappa shape index (κ1) is 14.4. The van der Waals surface area contributed by atoms with Gasteiger partial charge in [0.1, 0.15) is 0 Å². The molecular formula is C12H16BrNO2S. The van der Waals surface area contributed by atoms with Crippen LogP contribution in [0.25, 0.3) is 0 Å². The SMILES string of the molecule is Cc1ccc(C(=O)NCCC[S@@](C)=O)c(Br)c1. The Hall–Kier alpha value is -0.680. The molecule has 0 aliphatic carbocycles. The summed E-state index contributed by atoms with van der Waals surface area (Å²) in [5.74, 6) is 0.522. The molecule has 0 saturated heterocycles. The Kier molecular flexibility index (Phi) is 5.85. The van der Waals surface area contributed by atoms with Gasteiger partial charge in [-0.2, -0.15) is 0 Å². The van der Waals surface area contributed by atoms with Crippen LogP contribution in [0.4, 0.5) is 0 Å². The molecule has 0 bridgehead atoms. The van der Waals surface area contributed by atoms with Crippen LogP contribution in [0, 0.1) is 6.92 Å². The molecule has 0 radical (unpaired) electrons. The summed E-state index contributed by atoms with van der Waals surface area (Å²) in [7, 11) is -0.793. The van der Waals surface area contributed by atoms with Gasteiger partial charge in [-0.25, -0.2) is 0 Å². The molecular weight excluding hydrogens is 302 g/mol. The maximum Gasteiger partial charge on any atom is 0.252 e. The van der Waals surface area contributed by atoms with Crippen LogP contribution in [0.15, 0.2) is 22.7 Å². The predicted octanol–water partition coefficient (Wildman–Crippen LogP) is 2.26. The van der Waals surface area contributed by atoms with Gasteiger partial charge >= 0.3 is 0 Å². The zero-order valence-electron chi connectivity index (χ0n) is 9.96. The highest BCUT2D eigenvalue weighted by atomic mass is 79.9. The van der Waals surface area contributed by atoms with E-state index in [0.29, 0.717) is 17.9 Å². The molecule has 17 heavy (non-hydrogen) atoms. The molecule has 0 fully saturated rings. The molecule has 1 aromatic rings. The van der Waals surface area contributed by atoms with Crippen molar-refractivity contribution in [2.24, 2.45) is 0 Å². The average Bonchev–Trinajstić information content (AvgIpc) is 2.23. The molecule has 0 aliphatic rings. The number of rotatable bonds is 5. The van der Waals surface area contributed by atoms with Crippen molar-refractivity contribution in [1.29, 1.82) is 0 Å². The molecule has 0 saturated carbocycles. The number of hydrogen-bond acceptors (Lipinski definition) is 2.